The lowest BCUT2D eigenvalue weighted by atomic mass is 10.0. The van der Waals surface area contributed by atoms with Gasteiger partial charge >= 0.3 is 11.9 Å². The van der Waals surface area contributed by atoms with Gasteiger partial charge in [0.2, 0.25) is 0 Å². The fourth-order valence-electron chi connectivity index (χ4n) is 3.34. The molecular weight excluding hydrogens is 453 g/mol. The van der Waals surface area contributed by atoms with E-state index in [0.717, 1.165) is 7.11 Å². The van der Waals surface area contributed by atoms with Crippen molar-refractivity contribution in [3.05, 3.63) is 76.8 Å². The number of rotatable bonds is 6. The van der Waals surface area contributed by atoms with Crippen LogP contribution in [0.5, 0.6) is 0 Å². The van der Waals surface area contributed by atoms with Crippen LogP contribution in [0.15, 0.2) is 59.3 Å². The highest BCUT2D eigenvalue weighted by molar-refractivity contribution is 6.33. The molecule has 0 radical (unpaired) electrons. The first-order valence-electron chi connectivity index (χ1n) is 9.81. The lowest BCUT2D eigenvalue weighted by Crippen LogP contribution is -2.13. The maximum atomic E-state index is 14.6. The average molecular weight is 470 g/mol. The number of para-hydroxylation sites is 1. The number of hydrogen-bond acceptors (Lipinski definition) is 7. The lowest BCUT2D eigenvalue weighted by molar-refractivity contribution is 0.0514. The number of carbonyl (C=O) groups is 2. The first kappa shape index (κ1) is 22.2. The number of benzene rings is 2. The van der Waals surface area contributed by atoms with Crippen LogP contribution in [0.3, 0.4) is 0 Å². The Morgan fingerprint density at radius 3 is 2.55 bits per heavy atom. The summed E-state index contributed by atoms with van der Waals surface area (Å²) >= 11 is 6.18. The highest BCUT2D eigenvalue weighted by Gasteiger charge is 2.33. The van der Waals surface area contributed by atoms with Crippen LogP contribution in [0, 0.1) is 5.82 Å². The largest absolute Gasteiger partial charge is 0.465 e. The van der Waals surface area contributed by atoms with Gasteiger partial charge in [0.25, 0.3) is 0 Å². The van der Waals surface area contributed by atoms with Crippen molar-refractivity contribution in [1.29, 1.82) is 0 Å². The van der Waals surface area contributed by atoms with Crippen molar-refractivity contribution < 1.29 is 28.0 Å². The van der Waals surface area contributed by atoms with Gasteiger partial charge in [-0.25, -0.2) is 18.7 Å². The topological polar surface area (TPSA) is 96.5 Å². The Balaban J connectivity index is 1.99. The van der Waals surface area contributed by atoms with Gasteiger partial charge in [0.15, 0.2) is 11.5 Å². The summed E-state index contributed by atoms with van der Waals surface area (Å²) in [6.07, 6.45) is 1.33. The van der Waals surface area contributed by atoms with Crippen LogP contribution in [0.1, 0.15) is 27.8 Å². The summed E-state index contributed by atoms with van der Waals surface area (Å²) in [6, 6.07) is 12.9. The summed E-state index contributed by atoms with van der Waals surface area (Å²) in [7, 11) is 1.16. The van der Waals surface area contributed by atoms with Gasteiger partial charge in [-0.2, -0.15) is 5.10 Å². The van der Waals surface area contributed by atoms with Crippen molar-refractivity contribution in [3.63, 3.8) is 0 Å². The van der Waals surface area contributed by atoms with Crippen molar-refractivity contribution in [3.8, 4) is 28.3 Å². The van der Waals surface area contributed by atoms with Crippen molar-refractivity contribution in [2.75, 3.05) is 13.7 Å². The number of aromatic nitrogens is 3. The Labute approximate surface area is 192 Å². The van der Waals surface area contributed by atoms with Crippen LogP contribution in [0.4, 0.5) is 4.39 Å². The van der Waals surface area contributed by atoms with E-state index in [4.69, 9.17) is 25.6 Å². The van der Waals surface area contributed by atoms with Gasteiger partial charge in [-0.15, -0.1) is 0 Å². The number of esters is 2. The quantitative estimate of drug-likeness (QED) is 0.368. The molecule has 168 valence electrons. The third-order valence-electron chi connectivity index (χ3n) is 4.76. The maximum Gasteiger partial charge on any atom is 0.357 e. The van der Waals surface area contributed by atoms with Gasteiger partial charge < -0.3 is 14.0 Å². The summed E-state index contributed by atoms with van der Waals surface area (Å²) in [5, 5.41) is 8.20. The molecule has 10 heteroatoms. The zero-order valence-electron chi connectivity index (χ0n) is 17.5. The van der Waals surface area contributed by atoms with Gasteiger partial charge in [0, 0.05) is 0 Å². The number of ether oxygens (including phenoxy) is 2. The Morgan fingerprint density at radius 2 is 1.88 bits per heavy atom. The predicted octanol–water partition coefficient (Wildman–Crippen LogP) is 4.95. The second-order valence-corrected chi connectivity index (χ2v) is 7.11. The minimum atomic E-state index is -0.858. The molecule has 4 aromatic rings. The van der Waals surface area contributed by atoms with E-state index in [9.17, 15) is 14.0 Å². The standard InChI is InChI=1S/C23H17ClFN3O5/c1-3-32-23(30)20-14(12-26-28(20)13-8-5-4-6-9-13)21-18(22(29)31-2)19(27-33-21)17-15(24)10-7-11-16(17)25/h4-12H,3H2,1-2H3. The summed E-state index contributed by atoms with van der Waals surface area (Å²) < 4.78 is 31.5. The van der Waals surface area contributed by atoms with Crippen LogP contribution in [-0.2, 0) is 9.47 Å². The molecule has 0 amide bonds. The van der Waals surface area contributed by atoms with Gasteiger partial charge in [-0.05, 0) is 31.2 Å². The highest BCUT2D eigenvalue weighted by atomic mass is 35.5. The number of carbonyl (C=O) groups excluding carboxylic acids is 2. The molecule has 0 aliphatic rings. The molecule has 2 aromatic heterocycles. The van der Waals surface area contributed by atoms with Crippen molar-refractivity contribution >= 4 is 23.5 Å². The number of methoxy groups -OCH3 is 1. The third kappa shape index (κ3) is 3.98. The van der Waals surface area contributed by atoms with Crippen LogP contribution in [0.2, 0.25) is 5.02 Å². The molecule has 0 fully saturated rings. The van der Waals surface area contributed by atoms with E-state index in [-0.39, 0.29) is 45.5 Å². The Kier molecular flexibility index (Phi) is 6.23. The molecule has 0 saturated heterocycles. The van der Waals surface area contributed by atoms with E-state index in [1.807, 2.05) is 6.07 Å². The smallest absolute Gasteiger partial charge is 0.357 e. The SMILES string of the molecule is CCOC(=O)c1c(-c2onc(-c3c(F)cccc3Cl)c2C(=O)OC)cnn1-c1ccccc1. The normalized spacial score (nSPS) is 10.8. The van der Waals surface area contributed by atoms with E-state index in [1.54, 1.807) is 31.2 Å². The van der Waals surface area contributed by atoms with E-state index < -0.39 is 17.8 Å². The van der Waals surface area contributed by atoms with Crippen molar-refractivity contribution in [2.45, 2.75) is 6.92 Å². The molecule has 2 heterocycles. The lowest BCUT2D eigenvalue weighted by Gasteiger charge is -2.09. The van der Waals surface area contributed by atoms with E-state index in [1.165, 1.54) is 29.1 Å². The molecule has 0 atom stereocenters. The van der Waals surface area contributed by atoms with Crippen LogP contribution < -0.4 is 0 Å². The first-order valence-corrected chi connectivity index (χ1v) is 10.2. The van der Waals surface area contributed by atoms with Crippen LogP contribution >= 0.6 is 11.6 Å². The van der Waals surface area contributed by atoms with E-state index >= 15 is 0 Å². The summed E-state index contributed by atoms with van der Waals surface area (Å²) in [5.74, 6) is -2.41. The molecular formula is C23H17ClFN3O5. The molecule has 0 unspecified atom stereocenters. The molecule has 0 bridgehead atoms. The fourth-order valence-corrected chi connectivity index (χ4v) is 3.59. The summed E-state index contributed by atoms with van der Waals surface area (Å²) in [4.78, 5) is 25.6. The fraction of sp³-hybridized carbons (Fsp3) is 0.130. The molecule has 0 aliphatic heterocycles. The molecule has 0 N–H and O–H groups in total. The zero-order chi connectivity index (χ0) is 23.5. The Bertz CT molecular complexity index is 1310. The average Bonchev–Trinajstić information content (AvgIpc) is 3.44. The molecule has 2 aromatic carbocycles. The van der Waals surface area contributed by atoms with Gasteiger partial charge in [-0.1, -0.05) is 41.0 Å². The molecule has 0 saturated carbocycles. The van der Waals surface area contributed by atoms with Crippen molar-refractivity contribution in [1.82, 2.24) is 14.9 Å². The van der Waals surface area contributed by atoms with Crippen LogP contribution in [0.25, 0.3) is 28.3 Å². The van der Waals surface area contributed by atoms with Gasteiger partial charge in [-0.3, -0.25) is 0 Å². The number of hydrogen-bond donors (Lipinski definition) is 0. The minimum Gasteiger partial charge on any atom is -0.465 e. The molecule has 0 aliphatic carbocycles. The van der Waals surface area contributed by atoms with Gasteiger partial charge in [0.05, 0.1) is 41.8 Å². The zero-order valence-corrected chi connectivity index (χ0v) is 18.3. The number of halogens is 2. The minimum absolute atomic E-state index is 0.00414. The summed E-state index contributed by atoms with van der Waals surface area (Å²) in [6.45, 7) is 1.77. The van der Waals surface area contributed by atoms with E-state index in [0.29, 0.717) is 5.69 Å². The number of nitrogens with zero attached hydrogens (tertiary/aromatic N) is 3. The third-order valence-corrected chi connectivity index (χ3v) is 5.08. The summed E-state index contributed by atoms with van der Waals surface area (Å²) in [5.41, 5.74) is 0.176. The first-order chi connectivity index (χ1) is 16.0. The van der Waals surface area contributed by atoms with E-state index in [2.05, 4.69) is 10.3 Å². The Morgan fingerprint density at radius 1 is 1.12 bits per heavy atom. The highest BCUT2D eigenvalue weighted by Crippen LogP contribution is 2.39. The monoisotopic (exact) mass is 469 g/mol. The molecule has 8 nitrogen and oxygen atoms in total. The second kappa shape index (κ2) is 9.25. The predicted molar refractivity (Wildman–Crippen MR) is 117 cm³/mol. The molecule has 33 heavy (non-hydrogen) atoms. The maximum absolute atomic E-state index is 14.6. The molecule has 4 rings (SSSR count). The second-order valence-electron chi connectivity index (χ2n) is 6.70. The molecule has 0 spiro atoms. The van der Waals surface area contributed by atoms with Crippen molar-refractivity contribution in [2.24, 2.45) is 0 Å². The van der Waals surface area contributed by atoms with Crippen LogP contribution in [-0.4, -0.2) is 40.6 Å². The van der Waals surface area contributed by atoms with Gasteiger partial charge in [0.1, 0.15) is 17.1 Å². The Hall–Kier alpha value is -3.98.